The van der Waals surface area contributed by atoms with E-state index in [4.69, 9.17) is 9.84 Å². The molecule has 246 valence electrons. The number of amides is 4. The molecule has 5 atom stereocenters. The second-order valence-corrected chi connectivity index (χ2v) is 14.0. The number of rotatable bonds is 14. The molecule has 2 saturated carbocycles. The Labute approximate surface area is 260 Å². The zero-order valence-electron chi connectivity index (χ0n) is 26.8. The second kappa shape index (κ2) is 14.6. The summed E-state index contributed by atoms with van der Waals surface area (Å²) in [6.07, 6.45) is 5.90. The van der Waals surface area contributed by atoms with E-state index in [0.29, 0.717) is 13.0 Å². The van der Waals surface area contributed by atoms with Crippen LogP contribution in [0, 0.1) is 23.2 Å². The SMILES string of the molecule is C=CCCC(NC(=O)[C@@H]1C2C(CN1C(=O)[C@@H](NC(=O)OC(C)(C)C)C1CCCCC1)C2(C)C)C(=O)C(=O)NCCCC(=O)O. The molecule has 4 N–H and O–H groups in total. The van der Waals surface area contributed by atoms with Gasteiger partial charge in [0, 0.05) is 19.5 Å². The van der Waals surface area contributed by atoms with Gasteiger partial charge >= 0.3 is 12.1 Å². The van der Waals surface area contributed by atoms with Crippen molar-refractivity contribution < 1.29 is 38.6 Å². The van der Waals surface area contributed by atoms with Crippen molar-refractivity contribution in [1.29, 1.82) is 0 Å². The van der Waals surface area contributed by atoms with Gasteiger partial charge in [-0.15, -0.1) is 6.58 Å². The topological polar surface area (TPSA) is 171 Å². The molecule has 44 heavy (non-hydrogen) atoms. The van der Waals surface area contributed by atoms with Crippen LogP contribution < -0.4 is 16.0 Å². The van der Waals surface area contributed by atoms with Crippen molar-refractivity contribution in [2.75, 3.05) is 13.1 Å². The minimum atomic E-state index is -1.15. The highest BCUT2D eigenvalue weighted by molar-refractivity contribution is 6.38. The predicted octanol–water partition coefficient (Wildman–Crippen LogP) is 2.94. The van der Waals surface area contributed by atoms with Crippen molar-refractivity contribution in [1.82, 2.24) is 20.9 Å². The Balaban J connectivity index is 1.80. The minimum absolute atomic E-state index is 0.00898. The average Bonchev–Trinajstić information content (AvgIpc) is 3.27. The van der Waals surface area contributed by atoms with E-state index in [9.17, 15) is 28.8 Å². The van der Waals surface area contributed by atoms with Gasteiger partial charge in [0.2, 0.25) is 17.6 Å². The number of hydrogen-bond donors (Lipinski definition) is 4. The Morgan fingerprint density at radius 3 is 2.32 bits per heavy atom. The molecule has 1 heterocycles. The Kier molecular flexibility index (Phi) is 11.6. The van der Waals surface area contributed by atoms with Gasteiger partial charge in [0.05, 0.1) is 6.04 Å². The Bertz CT molecular complexity index is 1120. The normalized spacial score (nSPS) is 23.8. The van der Waals surface area contributed by atoms with Crippen LogP contribution in [0.2, 0.25) is 0 Å². The number of fused-ring (bicyclic) bond motifs is 1. The summed E-state index contributed by atoms with van der Waals surface area (Å²) >= 11 is 0. The monoisotopic (exact) mass is 618 g/mol. The van der Waals surface area contributed by atoms with Crippen LogP contribution in [0.5, 0.6) is 0 Å². The van der Waals surface area contributed by atoms with E-state index >= 15 is 0 Å². The van der Waals surface area contributed by atoms with Crippen molar-refractivity contribution in [2.45, 2.75) is 116 Å². The maximum absolute atomic E-state index is 14.2. The molecule has 4 amide bonds. The van der Waals surface area contributed by atoms with Crippen LogP contribution >= 0.6 is 0 Å². The first kappa shape index (κ1) is 35.0. The summed E-state index contributed by atoms with van der Waals surface area (Å²) in [6.45, 7) is 13.4. The molecule has 1 saturated heterocycles. The van der Waals surface area contributed by atoms with Crippen LogP contribution in [-0.2, 0) is 28.7 Å². The summed E-state index contributed by atoms with van der Waals surface area (Å²) < 4.78 is 5.48. The van der Waals surface area contributed by atoms with Gasteiger partial charge in [0.25, 0.3) is 5.91 Å². The highest BCUT2D eigenvalue weighted by Crippen LogP contribution is 2.65. The lowest BCUT2D eigenvalue weighted by molar-refractivity contribution is -0.145. The van der Waals surface area contributed by atoms with E-state index in [1.165, 1.54) is 0 Å². The number of aliphatic carboxylic acids is 1. The van der Waals surface area contributed by atoms with Crippen molar-refractivity contribution in [3.8, 4) is 0 Å². The summed E-state index contributed by atoms with van der Waals surface area (Å²) in [5.41, 5.74) is -0.943. The van der Waals surface area contributed by atoms with Crippen LogP contribution in [0.15, 0.2) is 12.7 Å². The van der Waals surface area contributed by atoms with E-state index < -0.39 is 53.4 Å². The third-order valence-corrected chi connectivity index (χ3v) is 9.19. The number of likely N-dealkylation sites (tertiary alicyclic amines) is 1. The van der Waals surface area contributed by atoms with E-state index in [0.717, 1.165) is 32.1 Å². The Morgan fingerprint density at radius 1 is 1.07 bits per heavy atom. The van der Waals surface area contributed by atoms with Gasteiger partial charge in [0.15, 0.2) is 0 Å². The number of carboxylic acids is 1. The van der Waals surface area contributed by atoms with Crippen LogP contribution in [0.25, 0.3) is 0 Å². The third kappa shape index (κ3) is 8.81. The quantitative estimate of drug-likeness (QED) is 0.131. The fourth-order valence-electron chi connectivity index (χ4n) is 6.77. The fraction of sp³-hybridized carbons (Fsp3) is 0.750. The van der Waals surface area contributed by atoms with Gasteiger partial charge in [-0.05, 0) is 76.0 Å². The number of allylic oxidation sites excluding steroid dienone is 1. The molecule has 0 aromatic carbocycles. The molecule has 0 aromatic rings. The molecule has 0 bridgehead atoms. The van der Waals surface area contributed by atoms with Gasteiger partial charge in [0.1, 0.15) is 17.7 Å². The lowest BCUT2D eigenvalue weighted by atomic mass is 9.83. The molecule has 0 spiro atoms. The number of carbonyl (C=O) groups is 6. The number of Topliss-reactive ketones (excluding diaryl/α,β-unsaturated/α-hetero) is 1. The lowest BCUT2D eigenvalue weighted by Crippen LogP contribution is -2.59. The Morgan fingerprint density at radius 2 is 1.73 bits per heavy atom. The maximum Gasteiger partial charge on any atom is 0.408 e. The maximum atomic E-state index is 14.2. The summed E-state index contributed by atoms with van der Waals surface area (Å²) in [5.74, 6) is -3.77. The van der Waals surface area contributed by atoms with Gasteiger partial charge < -0.3 is 30.7 Å². The molecule has 3 unspecified atom stereocenters. The summed E-state index contributed by atoms with van der Waals surface area (Å²) in [5, 5.41) is 16.8. The first-order chi connectivity index (χ1) is 20.6. The number of nitrogens with zero attached hydrogens (tertiary/aromatic N) is 1. The van der Waals surface area contributed by atoms with Crippen molar-refractivity contribution >= 4 is 35.6 Å². The minimum Gasteiger partial charge on any atom is -0.481 e. The highest BCUT2D eigenvalue weighted by Gasteiger charge is 2.69. The zero-order valence-corrected chi connectivity index (χ0v) is 26.8. The fourth-order valence-corrected chi connectivity index (χ4v) is 6.77. The standard InChI is InChI=1S/C32H50N4O8/c1-7-8-15-21(26(39)28(41)33-17-12-16-22(37)38)34-27(40)25-23-20(32(23,5)6)18-36(25)29(42)24(19-13-10-9-11-14-19)35-30(43)44-31(2,3)4/h7,19-21,23-25H,1,8-18H2,2-6H3,(H,33,41)(H,34,40)(H,35,43)(H,37,38)/t20?,21?,23?,24-,25-/m0/s1. The average molecular weight is 619 g/mol. The molecule has 3 aliphatic rings. The molecular weight excluding hydrogens is 568 g/mol. The molecule has 0 radical (unpaired) electrons. The van der Waals surface area contributed by atoms with Crippen molar-refractivity contribution in [3.63, 3.8) is 0 Å². The van der Waals surface area contributed by atoms with E-state index in [-0.39, 0.29) is 54.9 Å². The molecule has 3 rings (SSSR count). The van der Waals surface area contributed by atoms with Crippen molar-refractivity contribution in [2.24, 2.45) is 23.2 Å². The number of alkyl carbamates (subject to hydrolysis) is 1. The number of nitrogens with one attached hydrogen (secondary N) is 3. The molecule has 0 aromatic heterocycles. The predicted molar refractivity (Wildman–Crippen MR) is 162 cm³/mol. The molecule has 12 nitrogen and oxygen atoms in total. The zero-order chi connectivity index (χ0) is 32.8. The smallest absolute Gasteiger partial charge is 0.408 e. The summed E-state index contributed by atoms with van der Waals surface area (Å²) in [6, 6.07) is -2.87. The molecular formula is C32H50N4O8. The van der Waals surface area contributed by atoms with E-state index in [1.54, 1.807) is 31.7 Å². The molecule has 1 aliphatic heterocycles. The van der Waals surface area contributed by atoms with Crippen LogP contribution in [0.3, 0.4) is 0 Å². The second-order valence-electron chi connectivity index (χ2n) is 14.0. The number of piperidine rings is 1. The molecule has 2 aliphatic carbocycles. The first-order valence-electron chi connectivity index (χ1n) is 15.8. The highest BCUT2D eigenvalue weighted by atomic mass is 16.6. The van der Waals surface area contributed by atoms with E-state index in [2.05, 4.69) is 22.5 Å². The number of ether oxygens (including phenoxy) is 1. The third-order valence-electron chi connectivity index (χ3n) is 9.19. The van der Waals surface area contributed by atoms with Gasteiger partial charge in [-0.2, -0.15) is 0 Å². The number of carboxylic acid groups (broad SMARTS) is 1. The Hall–Kier alpha value is -3.44. The molecule has 12 heteroatoms. The molecule has 3 fully saturated rings. The van der Waals surface area contributed by atoms with Crippen LogP contribution in [0.4, 0.5) is 4.79 Å². The van der Waals surface area contributed by atoms with Crippen LogP contribution in [-0.4, -0.2) is 82.4 Å². The van der Waals surface area contributed by atoms with Gasteiger partial charge in [-0.25, -0.2) is 4.79 Å². The summed E-state index contributed by atoms with van der Waals surface area (Å²) in [7, 11) is 0. The van der Waals surface area contributed by atoms with Gasteiger partial charge in [-0.3, -0.25) is 24.0 Å². The first-order valence-corrected chi connectivity index (χ1v) is 15.8. The van der Waals surface area contributed by atoms with Gasteiger partial charge in [-0.1, -0.05) is 39.2 Å². The number of carbonyl (C=O) groups excluding carboxylic acids is 5. The largest absolute Gasteiger partial charge is 0.481 e. The van der Waals surface area contributed by atoms with Crippen molar-refractivity contribution in [3.05, 3.63) is 12.7 Å². The number of ketones is 1. The van der Waals surface area contributed by atoms with E-state index in [1.807, 2.05) is 13.8 Å². The van der Waals surface area contributed by atoms with Crippen LogP contribution in [0.1, 0.15) is 92.4 Å². The summed E-state index contributed by atoms with van der Waals surface area (Å²) in [4.78, 5) is 79.0. The lowest BCUT2D eigenvalue weighted by Gasteiger charge is -2.37. The number of hydrogen-bond acceptors (Lipinski definition) is 7.